The minimum atomic E-state index is -4.24. The highest BCUT2D eigenvalue weighted by Crippen LogP contribution is 2.20. The highest BCUT2D eigenvalue weighted by molar-refractivity contribution is 7.85. The number of quaternary nitrogens is 1. The Morgan fingerprint density at radius 1 is 1.12 bits per heavy atom. The maximum absolute atomic E-state index is 11.9. The van der Waals surface area contributed by atoms with Crippen LogP contribution in [0.1, 0.15) is 32.1 Å². The second kappa shape index (κ2) is 8.05. The fourth-order valence-electron chi connectivity index (χ4n) is 3.92. The Kier molecular flexibility index (Phi) is 5.80. The van der Waals surface area contributed by atoms with Crippen molar-refractivity contribution in [2.75, 3.05) is 19.7 Å². The van der Waals surface area contributed by atoms with E-state index in [9.17, 15) is 13.2 Å². The van der Waals surface area contributed by atoms with E-state index in [1.54, 1.807) is 27.8 Å². The Morgan fingerprint density at radius 3 is 2.68 bits per heavy atom. The van der Waals surface area contributed by atoms with Crippen LogP contribution in [-0.2, 0) is 15.0 Å². The lowest BCUT2D eigenvalue weighted by atomic mass is 9.84. The third-order valence-electron chi connectivity index (χ3n) is 5.02. The maximum atomic E-state index is 11.9. The summed E-state index contributed by atoms with van der Waals surface area (Å²) in [6, 6.07) is 8.53. The van der Waals surface area contributed by atoms with Crippen molar-refractivity contribution in [1.29, 1.82) is 0 Å². The summed E-state index contributed by atoms with van der Waals surface area (Å²) in [5.41, 5.74) is 0. The molecule has 1 amide bonds. The van der Waals surface area contributed by atoms with E-state index in [2.05, 4.69) is 0 Å². The molecule has 2 aliphatic rings. The Morgan fingerprint density at radius 2 is 1.88 bits per heavy atom. The van der Waals surface area contributed by atoms with Gasteiger partial charge in [-0.2, -0.15) is 13.1 Å². The molecule has 0 saturated carbocycles. The molecule has 2 fully saturated rings. The number of carbonyl (C=O) groups excluding carboxylic acids is 1. The topological polar surface area (TPSA) is 86.1 Å². The van der Waals surface area contributed by atoms with Crippen LogP contribution in [0.15, 0.2) is 30.3 Å². The van der Waals surface area contributed by atoms with Crippen LogP contribution >= 0.6 is 0 Å². The van der Waals surface area contributed by atoms with E-state index in [4.69, 9.17) is 8.92 Å². The number of hydrogen-bond acceptors (Lipinski definition) is 5. The number of amides is 1. The molecule has 2 saturated heterocycles. The summed E-state index contributed by atoms with van der Waals surface area (Å²) in [4.78, 5) is 13.5. The van der Waals surface area contributed by atoms with Gasteiger partial charge < -0.3 is 13.8 Å². The molecule has 2 N–H and O–H groups in total. The smallest absolute Gasteiger partial charge is 0.423 e. The Hall–Kier alpha value is -1.80. The van der Waals surface area contributed by atoms with E-state index in [1.165, 1.54) is 38.1 Å². The molecule has 2 heterocycles. The van der Waals surface area contributed by atoms with Gasteiger partial charge in [0.25, 0.3) is 0 Å². The van der Waals surface area contributed by atoms with E-state index in [-0.39, 0.29) is 12.4 Å². The van der Waals surface area contributed by atoms with Gasteiger partial charge in [0.15, 0.2) is 0 Å². The summed E-state index contributed by atoms with van der Waals surface area (Å²) in [5.74, 6) is 0.434. The Bertz CT molecular complexity index is 678. The van der Waals surface area contributed by atoms with Crippen LogP contribution in [0.2, 0.25) is 0 Å². The minimum Gasteiger partial charge on any atom is -0.448 e. The van der Waals surface area contributed by atoms with Crippen molar-refractivity contribution in [3.05, 3.63) is 30.3 Å². The van der Waals surface area contributed by atoms with Crippen molar-refractivity contribution >= 4 is 16.4 Å². The minimum absolute atomic E-state index is 0.136. The first-order valence-corrected chi connectivity index (χ1v) is 10.2. The molecule has 138 valence electrons. The van der Waals surface area contributed by atoms with Gasteiger partial charge >= 0.3 is 16.4 Å². The number of fused-ring (bicyclic) bond motifs is 1. The van der Waals surface area contributed by atoms with Gasteiger partial charge in [-0.1, -0.05) is 18.2 Å². The number of para-hydroxylation sites is 1. The lowest BCUT2D eigenvalue weighted by molar-refractivity contribution is -0.940. The first-order valence-electron chi connectivity index (χ1n) is 8.82. The molecule has 0 bridgehead atoms. The van der Waals surface area contributed by atoms with Crippen LogP contribution in [0, 0.1) is 5.92 Å². The van der Waals surface area contributed by atoms with Crippen LogP contribution in [0.3, 0.4) is 0 Å². The molecule has 0 radical (unpaired) electrons. The summed E-state index contributed by atoms with van der Waals surface area (Å²) in [5, 5.41) is 0. The molecule has 0 aliphatic carbocycles. The van der Waals surface area contributed by atoms with Crippen LogP contribution in [-0.4, -0.2) is 40.2 Å². The van der Waals surface area contributed by atoms with Crippen molar-refractivity contribution in [1.82, 2.24) is 4.72 Å². The number of piperidine rings is 2. The van der Waals surface area contributed by atoms with Crippen molar-refractivity contribution < 1.29 is 27.0 Å². The standard InChI is InChI=1S/C17H24N2O5S/c20-17(18-25(21,22)24-15-8-2-1-3-9-15)23-13-14-7-6-12-19-11-5-4-10-16(14)19/h1-3,8-9,14,16H,4-7,10-13H2,(H,18,20)/p+1/t14-,16+/m0/s1. The van der Waals surface area contributed by atoms with Crippen LogP contribution in [0.5, 0.6) is 5.75 Å². The molecule has 1 aromatic rings. The summed E-state index contributed by atoms with van der Waals surface area (Å²) < 4.78 is 35.5. The molecule has 25 heavy (non-hydrogen) atoms. The first-order chi connectivity index (χ1) is 12.0. The zero-order chi connectivity index (χ0) is 17.7. The molecular weight excluding hydrogens is 344 g/mol. The third-order valence-corrected chi connectivity index (χ3v) is 5.84. The van der Waals surface area contributed by atoms with Crippen molar-refractivity contribution in [3.8, 4) is 5.75 Å². The molecule has 1 unspecified atom stereocenters. The number of nitrogens with one attached hydrogen (secondary N) is 2. The van der Waals surface area contributed by atoms with E-state index in [0.717, 1.165) is 19.3 Å². The first kappa shape index (κ1) is 18.0. The average molecular weight is 369 g/mol. The second-order valence-corrected chi connectivity index (χ2v) is 7.99. The predicted octanol–water partition coefficient (Wildman–Crippen LogP) is 0.884. The fraction of sp³-hybridized carbons (Fsp3) is 0.588. The van der Waals surface area contributed by atoms with Gasteiger partial charge in [-0.25, -0.2) is 4.79 Å². The number of benzene rings is 1. The summed E-state index contributed by atoms with van der Waals surface area (Å²) >= 11 is 0. The maximum Gasteiger partial charge on any atom is 0.423 e. The molecule has 2 aliphatic heterocycles. The lowest BCUT2D eigenvalue weighted by Gasteiger charge is -2.40. The van der Waals surface area contributed by atoms with Gasteiger partial charge in [0.2, 0.25) is 0 Å². The Balaban J connectivity index is 1.48. The fourth-order valence-corrected chi connectivity index (χ4v) is 4.58. The van der Waals surface area contributed by atoms with Gasteiger partial charge in [-0.05, 0) is 44.2 Å². The zero-order valence-electron chi connectivity index (χ0n) is 14.1. The summed E-state index contributed by atoms with van der Waals surface area (Å²) in [6.45, 7) is 2.63. The van der Waals surface area contributed by atoms with Crippen LogP contribution in [0.4, 0.5) is 4.79 Å². The summed E-state index contributed by atoms with van der Waals surface area (Å²) in [7, 11) is -4.24. The normalized spacial score (nSPS) is 26.3. The van der Waals surface area contributed by atoms with Gasteiger partial charge in [0.1, 0.15) is 12.4 Å². The third kappa shape index (κ3) is 5.09. The summed E-state index contributed by atoms with van der Waals surface area (Å²) in [6.07, 6.45) is 4.79. The molecule has 8 heteroatoms. The average Bonchev–Trinajstić information content (AvgIpc) is 2.60. The van der Waals surface area contributed by atoms with E-state index >= 15 is 0 Å². The van der Waals surface area contributed by atoms with Crippen molar-refractivity contribution in [2.24, 2.45) is 5.92 Å². The van der Waals surface area contributed by atoms with E-state index < -0.39 is 16.4 Å². The van der Waals surface area contributed by atoms with Crippen LogP contribution in [0.25, 0.3) is 0 Å². The molecular formula is C17H25N2O5S+. The molecule has 7 nitrogen and oxygen atoms in total. The largest absolute Gasteiger partial charge is 0.448 e. The van der Waals surface area contributed by atoms with Gasteiger partial charge in [-0.15, -0.1) is 0 Å². The van der Waals surface area contributed by atoms with Crippen molar-refractivity contribution in [3.63, 3.8) is 0 Å². The second-order valence-electron chi connectivity index (χ2n) is 6.71. The van der Waals surface area contributed by atoms with Gasteiger partial charge in [0.05, 0.1) is 19.1 Å². The molecule has 1 aromatic carbocycles. The molecule has 0 aromatic heterocycles. The molecule has 3 atom stereocenters. The van der Waals surface area contributed by atoms with Crippen LogP contribution < -0.4 is 13.8 Å². The number of rotatable bonds is 5. The van der Waals surface area contributed by atoms with E-state index in [1.807, 2.05) is 0 Å². The van der Waals surface area contributed by atoms with Crippen molar-refractivity contribution in [2.45, 2.75) is 38.1 Å². The lowest BCUT2D eigenvalue weighted by Crippen LogP contribution is -3.18. The predicted molar refractivity (Wildman–Crippen MR) is 91.5 cm³/mol. The van der Waals surface area contributed by atoms with E-state index in [0.29, 0.717) is 12.0 Å². The monoisotopic (exact) mass is 369 g/mol. The Labute approximate surface area is 148 Å². The SMILES string of the molecule is O=C(NS(=O)(=O)Oc1ccccc1)OC[C@@H]1CCC[NH+]2CCCC[C@H]12. The number of ether oxygens (including phenoxy) is 1. The van der Waals surface area contributed by atoms with Gasteiger partial charge in [0, 0.05) is 5.92 Å². The number of carbonyl (C=O) groups is 1. The number of hydrogen-bond donors (Lipinski definition) is 2. The van der Waals surface area contributed by atoms with Gasteiger partial charge in [-0.3, -0.25) is 0 Å². The molecule has 0 spiro atoms. The zero-order valence-corrected chi connectivity index (χ0v) is 15.0. The molecule has 3 rings (SSSR count). The highest BCUT2D eigenvalue weighted by atomic mass is 32.2. The highest BCUT2D eigenvalue weighted by Gasteiger charge is 2.37. The quantitative estimate of drug-likeness (QED) is 0.805.